The first-order valence-electron chi connectivity index (χ1n) is 8.18. The summed E-state index contributed by atoms with van der Waals surface area (Å²) >= 11 is 0. The first-order valence-corrected chi connectivity index (χ1v) is 8.18. The van der Waals surface area contributed by atoms with Crippen molar-refractivity contribution in [3.05, 3.63) is 66.5 Å². The van der Waals surface area contributed by atoms with Crippen molar-refractivity contribution in [2.24, 2.45) is 0 Å². The molecule has 1 amide bonds. The van der Waals surface area contributed by atoms with Gasteiger partial charge >= 0.3 is 0 Å². The van der Waals surface area contributed by atoms with Crippen LogP contribution in [0.4, 0.5) is 0 Å². The molecule has 2 heterocycles. The molecule has 1 aromatic carbocycles. The van der Waals surface area contributed by atoms with Crippen LogP contribution in [0.15, 0.2) is 55.2 Å². The van der Waals surface area contributed by atoms with Gasteiger partial charge in [0.1, 0.15) is 11.4 Å². The number of amides is 1. The van der Waals surface area contributed by atoms with Crippen LogP contribution in [-0.2, 0) is 13.3 Å². The van der Waals surface area contributed by atoms with Crippen LogP contribution in [0.1, 0.15) is 22.5 Å². The number of carbonyl (C=O) groups excluding carboxylic acids is 1. The van der Waals surface area contributed by atoms with Crippen LogP contribution in [0.3, 0.4) is 0 Å². The molecule has 0 saturated heterocycles. The third-order valence-electron chi connectivity index (χ3n) is 3.76. The molecular weight excluding hydrogens is 318 g/mol. The van der Waals surface area contributed by atoms with Crippen LogP contribution in [0.25, 0.3) is 0 Å². The van der Waals surface area contributed by atoms with Crippen molar-refractivity contribution in [2.45, 2.75) is 26.6 Å². The molecule has 7 nitrogen and oxygen atoms in total. The highest BCUT2D eigenvalue weighted by atomic mass is 16.5. The van der Waals surface area contributed by atoms with Crippen molar-refractivity contribution < 1.29 is 9.53 Å². The number of aryl methyl sites for hydroxylation is 2. The quantitative estimate of drug-likeness (QED) is 0.639. The summed E-state index contributed by atoms with van der Waals surface area (Å²) in [5.41, 5.74) is 1.45. The number of aromatic nitrogens is 4. The number of para-hydroxylation sites is 1. The second-order valence-electron chi connectivity index (χ2n) is 5.69. The number of nitrogens with zero attached hydrogens (tertiary/aromatic N) is 4. The van der Waals surface area contributed by atoms with E-state index < -0.39 is 0 Å². The van der Waals surface area contributed by atoms with E-state index >= 15 is 0 Å². The van der Waals surface area contributed by atoms with Gasteiger partial charge in [-0.25, -0.2) is 9.67 Å². The third kappa shape index (κ3) is 4.69. The molecule has 0 atom stereocenters. The van der Waals surface area contributed by atoms with E-state index in [-0.39, 0.29) is 12.6 Å². The van der Waals surface area contributed by atoms with E-state index in [0.717, 1.165) is 24.3 Å². The molecule has 130 valence electrons. The lowest BCUT2D eigenvalue weighted by molar-refractivity contribution is 0.0945. The molecule has 25 heavy (non-hydrogen) atoms. The number of ether oxygens (including phenoxy) is 1. The van der Waals surface area contributed by atoms with Gasteiger partial charge in [-0.2, -0.15) is 5.10 Å². The van der Waals surface area contributed by atoms with Gasteiger partial charge in [0.15, 0.2) is 6.73 Å². The Labute approximate surface area is 146 Å². The standard InChI is InChI=1S/C18H21N5O2/c1-15-5-2-3-6-17(15)25-14-23-11-7-16(21-23)18(24)20-8-4-10-22-12-9-19-13-22/h2-3,5-7,9,11-13H,4,8,10,14H2,1H3,(H,20,24). The summed E-state index contributed by atoms with van der Waals surface area (Å²) in [4.78, 5) is 16.1. The van der Waals surface area contributed by atoms with Gasteiger partial charge in [0.25, 0.3) is 5.91 Å². The largest absolute Gasteiger partial charge is 0.471 e. The fourth-order valence-corrected chi connectivity index (χ4v) is 2.38. The van der Waals surface area contributed by atoms with Crippen molar-refractivity contribution in [1.29, 1.82) is 0 Å². The molecule has 3 rings (SSSR count). The summed E-state index contributed by atoms with van der Waals surface area (Å²) in [6.07, 6.45) is 7.97. The Morgan fingerprint density at radius 3 is 2.92 bits per heavy atom. The lowest BCUT2D eigenvalue weighted by Crippen LogP contribution is -2.25. The predicted molar refractivity (Wildman–Crippen MR) is 93.2 cm³/mol. The highest BCUT2D eigenvalue weighted by Crippen LogP contribution is 2.16. The Balaban J connectivity index is 1.44. The Morgan fingerprint density at radius 2 is 2.12 bits per heavy atom. The zero-order valence-corrected chi connectivity index (χ0v) is 14.1. The Morgan fingerprint density at radius 1 is 1.24 bits per heavy atom. The summed E-state index contributed by atoms with van der Waals surface area (Å²) in [5, 5.41) is 7.12. The van der Waals surface area contributed by atoms with E-state index in [2.05, 4.69) is 15.4 Å². The minimum Gasteiger partial charge on any atom is -0.471 e. The smallest absolute Gasteiger partial charge is 0.271 e. The molecule has 0 radical (unpaired) electrons. The van der Waals surface area contributed by atoms with Crippen molar-refractivity contribution >= 4 is 5.91 Å². The maximum absolute atomic E-state index is 12.1. The van der Waals surface area contributed by atoms with E-state index in [1.54, 1.807) is 29.5 Å². The van der Waals surface area contributed by atoms with Crippen molar-refractivity contribution in [3.63, 3.8) is 0 Å². The van der Waals surface area contributed by atoms with Gasteiger partial charge in [-0.3, -0.25) is 4.79 Å². The molecule has 2 aromatic heterocycles. The fraction of sp³-hybridized carbons (Fsp3) is 0.278. The highest BCUT2D eigenvalue weighted by Gasteiger charge is 2.09. The Kier molecular flexibility index (Phi) is 5.46. The van der Waals surface area contributed by atoms with Crippen molar-refractivity contribution in [2.75, 3.05) is 6.54 Å². The third-order valence-corrected chi connectivity index (χ3v) is 3.76. The SMILES string of the molecule is Cc1ccccc1OCn1ccc(C(=O)NCCCn2ccnc2)n1. The number of benzene rings is 1. The number of carbonyl (C=O) groups is 1. The van der Waals surface area contributed by atoms with Gasteiger partial charge in [0.05, 0.1) is 6.33 Å². The van der Waals surface area contributed by atoms with Gasteiger partial charge in [0, 0.05) is 31.7 Å². The summed E-state index contributed by atoms with van der Waals surface area (Å²) in [6.45, 7) is 3.66. The van der Waals surface area contributed by atoms with Gasteiger partial charge in [0.2, 0.25) is 0 Å². The molecule has 0 aliphatic carbocycles. The fourth-order valence-electron chi connectivity index (χ4n) is 2.38. The van der Waals surface area contributed by atoms with Gasteiger partial charge < -0.3 is 14.6 Å². The number of hydrogen-bond acceptors (Lipinski definition) is 4. The van der Waals surface area contributed by atoms with E-state index in [1.807, 2.05) is 42.0 Å². The minimum atomic E-state index is -0.180. The van der Waals surface area contributed by atoms with Crippen LogP contribution in [0.2, 0.25) is 0 Å². The van der Waals surface area contributed by atoms with Crippen LogP contribution in [0, 0.1) is 6.92 Å². The monoisotopic (exact) mass is 339 g/mol. The second kappa shape index (κ2) is 8.14. The van der Waals surface area contributed by atoms with Gasteiger partial charge in [-0.1, -0.05) is 18.2 Å². The Hall–Kier alpha value is -3.09. The minimum absolute atomic E-state index is 0.180. The van der Waals surface area contributed by atoms with Gasteiger partial charge in [-0.05, 0) is 31.0 Å². The number of nitrogens with one attached hydrogen (secondary N) is 1. The topological polar surface area (TPSA) is 74.0 Å². The molecule has 0 unspecified atom stereocenters. The molecule has 0 spiro atoms. The average molecular weight is 339 g/mol. The number of imidazole rings is 1. The maximum atomic E-state index is 12.1. The molecule has 0 aliphatic rings. The maximum Gasteiger partial charge on any atom is 0.271 e. The van der Waals surface area contributed by atoms with Crippen molar-refractivity contribution in [3.8, 4) is 5.75 Å². The second-order valence-corrected chi connectivity index (χ2v) is 5.69. The molecule has 1 N–H and O–H groups in total. The summed E-state index contributed by atoms with van der Waals surface area (Å²) in [5.74, 6) is 0.628. The van der Waals surface area contributed by atoms with Crippen LogP contribution in [-0.4, -0.2) is 31.8 Å². The van der Waals surface area contributed by atoms with Crippen LogP contribution < -0.4 is 10.1 Å². The molecule has 0 fully saturated rings. The molecule has 7 heteroatoms. The molecule has 0 saturated carbocycles. The molecule has 0 aliphatic heterocycles. The lowest BCUT2D eigenvalue weighted by atomic mass is 10.2. The predicted octanol–water partition coefficient (Wildman–Crippen LogP) is 2.24. The zero-order valence-electron chi connectivity index (χ0n) is 14.1. The lowest BCUT2D eigenvalue weighted by Gasteiger charge is -2.08. The van der Waals surface area contributed by atoms with Crippen LogP contribution in [0.5, 0.6) is 5.75 Å². The van der Waals surface area contributed by atoms with E-state index in [9.17, 15) is 4.79 Å². The van der Waals surface area contributed by atoms with E-state index in [4.69, 9.17) is 4.74 Å². The molecule has 0 bridgehead atoms. The average Bonchev–Trinajstić information content (AvgIpc) is 3.30. The number of hydrogen-bond donors (Lipinski definition) is 1. The van der Waals surface area contributed by atoms with Crippen molar-refractivity contribution in [1.82, 2.24) is 24.6 Å². The first-order chi connectivity index (χ1) is 12.2. The van der Waals surface area contributed by atoms with E-state index in [1.165, 1.54) is 0 Å². The van der Waals surface area contributed by atoms with Gasteiger partial charge in [-0.15, -0.1) is 0 Å². The summed E-state index contributed by atoms with van der Waals surface area (Å²) in [7, 11) is 0. The first kappa shape index (κ1) is 16.8. The summed E-state index contributed by atoms with van der Waals surface area (Å²) in [6, 6.07) is 9.47. The van der Waals surface area contributed by atoms with Crippen LogP contribution >= 0.6 is 0 Å². The zero-order chi connectivity index (χ0) is 17.5. The Bertz CT molecular complexity index is 811. The summed E-state index contributed by atoms with van der Waals surface area (Å²) < 4.78 is 9.30. The normalized spacial score (nSPS) is 10.6. The molecular formula is C18H21N5O2. The van der Waals surface area contributed by atoms with E-state index in [0.29, 0.717) is 12.2 Å². The molecule has 3 aromatic rings. The highest BCUT2D eigenvalue weighted by molar-refractivity contribution is 5.92. The number of rotatable bonds is 8.